The van der Waals surface area contributed by atoms with Crippen LogP contribution < -0.4 is 0 Å². The van der Waals surface area contributed by atoms with Gasteiger partial charge in [0.05, 0.1) is 6.54 Å². The molecular weight excluding hydrogens is 342 g/mol. The third-order valence-electron chi connectivity index (χ3n) is 4.95. The SMILES string of the molecule is C=C(C)CN1C(CN(C)Cc2ccccc2)=NC2C1C(=O)N(C)C(=O)N2C. The second-order valence-electron chi connectivity index (χ2n) is 7.44. The van der Waals surface area contributed by atoms with Gasteiger partial charge in [-0.3, -0.25) is 14.6 Å². The highest BCUT2D eigenvalue weighted by molar-refractivity contribution is 6.04. The number of nitrogens with zero attached hydrogens (tertiary/aromatic N) is 5. The minimum atomic E-state index is -0.491. The Balaban J connectivity index is 1.82. The van der Waals surface area contributed by atoms with Gasteiger partial charge < -0.3 is 9.80 Å². The molecule has 1 aromatic carbocycles. The van der Waals surface area contributed by atoms with Crippen molar-refractivity contribution >= 4 is 17.8 Å². The van der Waals surface area contributed by atoms with E-state index in [2.05, 4.69) is 23.6 Å². The molecule has 1 fully saturated rings. The van der Waals surface area contributed by atoms with E-state index in [0.29, 0.717) is 13.1 Å². The van der Waals surface area contributed by atoms with Gasteiger partial charge in [0.1, 0.15) is 5.84 Å². The van der Waals surface area contributed by atoms with Gasteiger partial charge in [0.2, 0.25) is 0 Å². The summed E-state index contributed by atoms with van der Waals surface area (Å²) in [5.74, 6) is 0.601. The number of hydrogen-bond acceptors (Lipinski definition) is 5. The first kappa shape index (κ1) is 19.1. The van der Waals surface area contributed by atoms with Crippen molar-refractivity contribution in [2.24, 2.45) is 4.99 Å². The van der Waals surface area contributed by atoms with Gasteiger partial charge in [-0.25, -0.2) is 9.79 Å². The van der Waals surface area contributed by atoms with Crippen molar-refractivity contribution in [2.75, 3.05) is 34.2 Å². The van der Waals surface area contributed by atoms with E-state index >= 15 is 0 Å². The lowest BCUT2D eigenvalue weighted by molar-refractivity contribution is -0.136. The molecule has 0 aromatic heterocycles. The average molecular weight is 369 g/mol. The van der Waals surface area contributed by atoms with Crippen LogP contribution in [0.5, 0.6) is 0 Å². The van der Waals surface area contributed by atoms with Crippen molar-refractivity contribution in [3.8, 4) is 0 Å². The van der Waals surface area contributed by atoms with Crippen LogP contribution >= 0.6 is 0 Å². The number of aliphatic imine (C=N–C) groups is 1. The molecule has 0 saturated carbocycles. The van der Waals surface area contributed by atoms with Crippen molar-refractivity contribution in [3.05, 3.63) is 48.0 Å². The highest BCUT2D eigenvalue weighted by atomic mass is 16.2. The van der Waals surface area contributed by atoms with Gasteiger partial charge in [-0.15, -0.1) is 0 Å². The molecule has 2 aliphatic rings. The Morgan fingerprint density at radius 1 is 1.19 bits per heavy atom. The molecule has 1 aromatic rings. The Morgan fingerprint density at radius 3 is 2.48 bits per heavy atom. The number of carbonyl (C=O) groups excluding carboxylic acids is 2. The molecule has 27 heavy (non-hydrogen) atoms. The zero-order chi connectivity index (χ0) is 19.7. The van der Waals surface area contributed by atoms with Gasteiger partial charge in [-0.05, 0) is 19.5 Å². The van der Waals surface area contributed by atoms with Crippen molar-refractivity contribution in [1.29, 1.82) is 0 Å². The smallest absolute Gasteiger partial charge is 0.328 e. The van der Waals surface area contributed by atoms with Crippen molar-refractivity contribution in [2.45, 2.75) is 25.7 Å². The fourth-order valence-corrected chi connectivity index (χ4v) is 3.63. The molecule has 3 rings (SSSR count). The largest absolute Gasteiger partial charge is 0.340 e. The van der Waals surface area contributed by atoms with E-state index in [-0.39, 0.29) is 11.9 Å². The normalized spacial score (nSPS) is 22.4. The van der Waals surface area contributed by atoms with Crippen molar-refractivity contribution in [1.82, 2.24) is 19.6 Å². The van der Waals surface area contributed by atoms with Crippen LogP contribution in [0.1, 0.15) is 12.5 Å². The lowest BCUT2D eigenvalue weighted by Crippen LogP contribution is -2.64. The van der Waals surface area contributed by atoms with Crippen molar-refractivity contribution in [3.63, 3.8) is 0 Å². The predicted molar refractivity (Wildman–Crippen MR) is 105 cm³/mol. The van der Waals surface area contributed by atoms with Crippen LogP contribution in [-0.4, -0.2) is 83.8 Å². The third kappa shape index (κ3) is 3.73. The Morgan fingerprint density at radius 2 is 1.85 bits per heavy atom. The lowest BCUT2D eigenvalue weighted by atomic mass is 10.1. The van der Waals surface area contributed by atoms with Crippen LogP contribution in [0.25, 0.3) is 0 Å². The fourth-order valence-electron chi connectivity index (χ4n) is 3.63. The zero-order valence-electron chi connectivity index (χ0n) is 16.4. The summed E-state index contributed by atoms with van der Waals surface area (Å²) in [4.78, 5) is 36.7. The number of rotatable bonds is 6. The number of urea groups is 1. The molecule has 7 nitrogen and oxygen atoms in total. The molecule has 0 N–H and O–H groups in total. The summed E-state index contributed by atoms with van der Waals surface area (Å²) >= 11 is 0. The molecule has 0 aliphatic carbocycles. The average Bonchev–Trinajstić information content (AvgIpc) is 2.96. The molecule has 2 unspecified atom stereocenters. The van der Waals surface area contributed by atoms with E-state index in [1.54, 1.807) is 11.9 Å². The molecule has 2 heterocycles. The first-order valence-electron chi connectivity index (χ1n) is 9.04. The molecule has 0 bridgehead atoms. The number of fused-ring (bicyclic) bond motifs is 1. The molecule has 1 saturated heterocycles. The Kier molecular flexibility index (Phi) is 5.32. The van der Waals surface area contributed by atoms with Crippen LogP contribution in [-0.2, 0) is 11.3 Å². The van der Waals surface area contributed by atoms with Gasteiger partial charge in [-0.2, -0.15) is 0 Å². The van der Waals surface area contributed by atoms with Crippen LogP contribution in [0, 0.1) is 0 Å². The molecule has 3 amide bonds. The summed E-state index contributed by atoms with van der Waals surface area (Å²) in [5, 5.41) is 0. The predicted octanol–water partition coefficient (Wildman–Crippen LogP) is 1.63. The number of likely N-dealkylation sites (N-methyl/N-ethyl adjacent to an activating group) is 3. The topological polar surface area (TPSA) is 59.5 Å². The maximum absolute atomic E-state index is 12.8. The van der Waals surface area contributed by atoms with E-state index in [4.69, 9.17) is 4.99 Å². The lowest BCUT2D eigenvalue weighted by Gasteiger charge is -2.40. The van der Waals surface area contributed by atoms with Crippen LogP contribution in [0.15, 0.2) is 47.5 Å². The molecule has 7 heteroatoms. The molecule has 2 atom stereocenters. The maximum Gasteiger partial charge on any atom is 0.328 e. The second-order valence-corrected chi connectivity index (χ2v) is 7.44. The van der Waals surface area contributed by atoms with Crippen LogP contribution in [0.2, 0.25) is 0 Å². The highest BCUT2D eigenvalue weighted by Crippen LogP contribution is 2.28. The van der Waals surface area contributed by atoms with Crippen LogP contribution in [0.3, 0.4) is 0 Å². The number of amidine groups is 1. The first-order valence-corrected chi connectivity index (χ1v) is 9.04. The zero-order valence-corrected chi connectivity index (χ0v) is 16.4. The quantitative estimate of drug-likeness (QED) is 0.715. The fraction of sp³-hybridized carbons (Fsp3) is 0.450. The third-order valence-corrected chi connectivity index (χ3v) is 4.95. The summed E-state index contributed by atoms with van der Waals surface area (Å²) in [5.41, 5.74) is 2.16. The summed E-state index contributed by atoms with van der Waals surface area (Å²) in [6.07, 6.45) is -0.485. The van der Waals surface area contributed by atoms with E-state index in [1.165, 1.54) is 17.5 Å². The van der Waals surface area contributed by atoms with Gasteiger partial charge in [0, 0.05) is 27.2 Å². The van der Waals surface area contributed by atoms with E-state index < -0.39 is 12.2 Å². The number of imide groups is 1. The van der Waals surface area contributed by atoms with E-state index in [1.807, 2.05) is 37.1 Å². The van der Waals surface area contributed by atoms with E-state index in [9.17, 15) is 9.59 Å². The summed E-state index contributed by atoms with van der Waals surface area (Å²) < 4.78 is 0. The molecule has 144 valence electrons. The number of hydrogen-bond donors (Lipinski definition) is 0. The summed E-state index contributed by atoms with van der Waals surface area (Å²) in [6.45, 7) is 7.85. The highest BCUT2D eigenvalue weighted by Gasteiger charge is 2.50. The second kappa shape index (κ2) is 7.52. The van der Waals surface area contributed by atoms with Gasteiger partial charge >= 0.3 is 6.03 Å². The monoisotopic (exact) mass is 369 g/mol. The van der Waals surface area contributed by atoms with Crippen LogP contribution in [0.4, 0.5) is 4.79 Å². The first-order chi connectivity index (χ1) is 12.8. The molecule has 0 radical (unpaired) electrons. The number of amides is 3. The molecule has 2 aliphatic heterocycles. The Hall–Kier alpha value is -2.67. The van der Waals surface area contributed by atoms with Gasteiger partial charge in [-0.1, -0.05) is 42.5 Å². The Bertz CT molecular complexity index is 776. The minimum Gasteiger partial charge on any atom is -0.340 e. The van der Waals surface area contributed by atoms with E-state index in [0.717, 1.165) is 18.0 Å². The summed E-state index contributed by atoms with van der Waals surface area (Å²) in [6, 6.07) is 9.40. The molecule has 0 spiro atoms. The summed E-state index contributed by atoms with van der Waals surface area (Å²) in [7, 11) is 5.25. The standard InChI is InChI=1S/C20H27N5O2/c1-14(2)11-25-16(13-22(3)12-15-9-7-6-8-10-15)21-18-17(25)19(26)24(5)20(27)23(18)4/h6-10,17-18H,1,11-13H2,2-5H3. The Labute approximate surface area is 160 Å². The maximum atomic E-state index is 12.8. The number of carbonyl (C=O) groups is 2. The molecular formula is C20H27N5O2. The van der Waals surface area contributed by atoms with Gasteiger partial charge in [0.15, 0.2) is 12.2 Å². The minimum absolute atomic E-state index is 0.214. The van der Waals surface area contributed by atoms with Crippen molar-refractivity contribution < 1.29 is 9.59 Å². The van der Waals surface area contributed by atoms with Gasteiger partial charge in [0.25, 0.3) is 5.91 Å². The number of benzene rings is 1.